The Hall–Kier alpha value is -0.120. The molecule has 1 atom stereocenters. The summed E-state index contributed by atoms with van der Waals surface area (Å²) in [7, 11) is 6.21. The lowest BCUT2D eigenvalue weighted by Crippen LogP contribution is -2.55. The van der Waals surface area contributed by atoms with Gasteiger partial charge in [-0.1, -0.05) is 0 Å². The van der Waals surface area contributed by atoms with Crippen LogP contribution in [0.15, 0.2) is 4.99 Å². The van der Waals surface area contributed by atoms with E-state index in [1.54, 1.807) is 0 Å². The van der Waals surface area contributed by atoms with Crippen LogP contribution in [0.4, 0.5) is 0 Å². The third-order valence-electron chi connectivity index (χ3n) is 3.92. The highest BCUT2D eigenvalue weighted by Gasteiger charge is 2.21. The molecule has 1 saturated heterocycles. The molecule has 0 amide bonds. The molecule has 7 heteroatoms. The number of hydrogen-bond acceptors (Lipinski definition) is 4. The summed E-state index contributed by atoms with van der Waals surface area (Å²) in [4.78, 5) is 9.09. The topological polar surface area (TPSA) is 52.1 Å². The summed E-state index contributed by atoms with van der Waals surface area (Å²) in [6.45, 7) is 8.95. The molecule has 0 aromatic heterocycles. The van der Waals surface area contributed by atoms with Crippen LogP contribution in [-0.4, -0.2) is 88.9 Å². The Morgan fingerprint density at radius 2 is 2.00 bits per heavy atom. The van der Waals surface area contributed by atoms with Crippen LogP contribution in [0.25, 0.3) is 0 Å². The number of rotatable bonds is 8. The van der Waals surface area contributed by atoms with E-state index in [-0.39, 0.29) is 24.0 Å². The molecule has 0 radical (unpaired) electrons. The van der Waals surface area contributed by atoms with E-state index in [0.29, 0.717) is 6.04 Å². The summed E-state index contributed by atoms with van der Waals surface area (Å²) < 4.78 is 5.33. The number of piperazine rings is 1. The number of aliphatic imine (C=N–C) groups is 1. The quantitative estimate of drug-likeness (QED) is 0.260. The first-order valence-electron chi connectivity index (χ1n) is 8.08. The summed E-state index contributed by atoms with van der Waals surface area (Å²) in [5, 5.41) is 6.79. The first-order chi connectivity index (χ1) is 10.2. The van der Waals surface area contributed by atoms with E-state index in [1.807, 2.05) is 14.0 Å². The average Bonchev–Trinajstić information content (AvgIpc) is 2.49. The first-order valence-corrected chi connectivity index (χ1v) is 8.08. The third kappa shape index (κ3) is 9.12. The van der Waals surface area contributed by atoms with Gasteiger partial charge in [0, 0.05) is 59.0 Å². The summed E-state index contributed by atoms with van der Waals surface area (Å²) in [6.07, 6.45) is 2.20. The molecule has 0 saturated carbocycles. The Kier molecular flexibility index (Phi) is 13.3. The summed E-state index contributed by atoms with van der Waals surface area (Å²) in [5.41, 5.74) is 0. The lowest BCUT2D eigenvalue weighted by molar-refractivity contribution is 0.116. The maximum Gasteiger partial charge on any atom is 0.191 e. The molecule has 0 aromatic carbocycles. The molecule has 1 aliphatic heterocycles. The Morgan fingerprint density at radius 3 is 2.68 bits per heavy atom. The van der Waals surface area contributed by atoms with Gasteiger partial charge < -0.3 is 20.3 Å². The zero-order chi connectivity index (χ0) is 15.5. The predicted molar refractivity (Wildman–Crippen MR) is 104 cm³/mol. The van der Waals surface area contributed by atoms with E-state index in [9.17, 15) is 0 Å². The van der Waals surface area contributed by atoms with Gasteiger partial charge in [-0.2, -0.15) is 0 Å². The molecular formula is C15H34IN5O. The highest BCUT2D eigenvalue weighted by atomic mass is 127. The monoisotopic (exact) mass is 427 g/mol. The fourth-order valence-electron chi connectivity index (χ4n) is 2.44. The minimum Gasteiger partial charge on any atom is -0.382 e. The van der Waals surface area contributed by atoms with Crippen LogP contribution in [0.3, 0.4) is 0 Å². The van der Waals surface area contributed by atoms with Crippen molar-refractivity contribution in [3.05, 3.63) is 0 Å². The maximum atomic E-state index is 5.33. The number of nitrogens with zero attached hydrogens (tertiary/aromatic N) is 3. The molecule has 1 heterocycles. The normalized spacial score (nSPS) is 20.5. The number of ether oxygens (including phenoxy) is 1. The van der Waals surface area contributed by atoms with Crippen molar-refractivity contribution >= 4 is 29.9 Å². The van der Waals surface area contributed by atoms with Crippen molar-refractivity contribution in [2.75, 3.05) is 67.1 Å². The van der Waals surface area contributed by atoms with Crippen LogP contribution in [0, 0.1) is 0 Å². The van der Waals surface area contributed by atoms with Crippen molar-refractivity contribution in [2.24, 2.45) is 4.99 Å². The van der Waals surface area contributed by atoms with Crippen LogP contribution in [-0.2, 0) is 4.74 Å². The van der Waals surface area contributed by atoms with Crippen molar-refractivity contribution in [3.63, 3.8) is 0 Å². The lowest BCUT2D eigenvalue weighted by Gasteiger charge is -2.37. The van der Waals surface area contributed by atoms with Gasteiger partial charge in [0.1, 0.15) is 0 Å². The molecule has 22 heavy (non-hydrogen) atoms. The molecule has 132 valence electrons. The number of nitrogens with one attached hydrogen (secondary N) is 2. The molecule has 0 aliphatic carbocycles. The van der Waals surface area contributed by atoms with Crippen LogP contribution in [0.1, 0.15) is 19.8 Å². The van der Waals surface area contributed by atoms with Crippen LogP contribution >= 0.6 is 24.0 Å². The van der Waals surface area contributed by atoms with E-state index in [1.165, 1.54) is 0 Å². The summed E-state index contributed by atoms with van der Waals surface area (Å²) in [5.74, 6) is 0.896. The number of hydrogen-bond donors (Lipinski definition) is 2. The average molecular weight is 427 g/mol. The third-order valence-corrected chi connectivity index (χ3v) is 3.92. The SMILES string of the molecule is CCOCCCCNC(=NC)NCC1CN(C)CCN1C.I. The summed E-state index contributed by atoms with van der Waals surface area (Å²) in [6, 6.07) is 0.542. The first kappa shape index (κ1) is 21.9. The number of likely N-dealkylation sites (N-methyl/N-ethyl adjacent to an activating group) is 2. The van der Waals surface area contributed by atoms with E-state index in [2.05, 4.69) is 39.5 Å². The molecule has 0 bridgehead atoms. The lowest BCUT2D eigenvalue weighted by atomic mass is 10.2. The van der Waals surface area contributed by atoms with Gasteiger partial charge in [-0.15, -0.1) is 24.0 Å². The number of unbranched alkanes of at least 4 members (excludes halogenated alkanes) is 1. The van der Waals surface area contributed by atoms with E-state index >= 15 is 0 Å². The number of guanidine groups is 1. The van der Waals surface area contributed by atoms with Gasteiger partial charge in [0.2, 0.25) is 0 Å². The molecule has 2 N–H and O–H groups in total. The van der Waals surface area contributed by atoms with Crippen molar-refractivity contribution in [3.8, 4) is 0 Å². The molecule has 6 nitrogen and oxygen atoms in total. The molecule has 0 spiro atoms. The Bertz CT molecular complexity index is 304. The Labute approximate surface area is 153 Å². The molecule has 1 aliphatic rings. The second kappa shape index (κ2) is 13.3. The standard InChI is InChI=1S/C15H33N5O.HI/c1-5-21-11-7-6-8-17-15(16-2)18-12-14-13-19(3)9-10-20(14)4;/h14H,5-13H2,1-4H3,(H2,16,17,18);1H. The van der Waals surface area contributed by atoms with Gasteiger partial charge in [-0.3, -0.25) is 9.89 Å². The van der Waals surface area contributed by atoms with Gasteiger partial charge in [0.25, 0.3) is 0 Å². The second-order valence-corrected chi connectivity index (χ2v) is 5.68. The van der Waals surface area contributed by atoms with Gasteiger partial charge >= 0.3 is 0 Å². The molecule has 1 rings (SSSR count). The van der Waals surface area contributed by atoms with Gasteiger partial charge in [-0.05, 0) is 33.9 Å². The van der Waals surface area contributed by atoms with E-state index in [4.69, 9.17) is 4.74 Å². The number of halogens is 1. The summed E-state index contributed by atoms with van der Waals surface area (Å²) >= 11 is 0. The molecule has 1 fully saturated rings. The van der Waals surface area contributed by atoms with Crippen molar-refractivity contribution in [2.45, 2.75) is 25.8 Å². The largest absolute Gasteiger partial charge is 0.382 e. The van der Waals surface area contributed by atoms with Crippen LogP contribution < -0.4 is 10.6 Å². The zero-order valence-electron chi connectivity index (χ0n) is 14.6. The highest BCUT2D eigenvalue weighted by Crippen LogP contribution is 2.04. The molecule has 0 aromatic rings. The zero-order valence-corrected chi connectivity index (χ0v) is 16.9. The molecular weight excluding hydrogens is 393 g/mol. The predicted octanol–water partition coefficient (Wildman–Crippen LogP) is 0.832. The van der Waals surface area contributed by atoms with E-state index in [0.717, 1.165) is 64.7 Å². The fraction of sp³-hybridized carbons (Fsp3) is 0.933. The van der Waals surface area contributed by atoms with Gasteiger partial charge in [0.15, 0.2) is 5.96 Å². The Morgan fingerprint density at radius 1 is 1.23 bits per heavy atom. The van der Waals surface area contributed by atoms with Gasteiger partial charge in [0.05, 0.1) is 0 Å². The van der Waals surface area contributed by atoms with E-state index < -0.39 is 0 Å². The van der Waals surface area contributed by atoms with Gasteiger partial charge in [-0.25, -0.2) is 0 Å². The minimum atomic E-state index is 0. The van der Waals surface area contributed by atoms with Crippen molar-refractivity contribution in [1.29, 1.82) is 0 Å². The fourth-order valence-corrected chi connectivity index (χ4v) is 2.44. The minimum absolute atomic E-state index is 0. The smallest absolute Gasteiger partial charge is 0.191 e. The van der Waals surface area contributed by atoms with Crippen LogP contribution in [0.2, 0.25) is 0 Å². The molecule has 1 unspecified atom stereocenters. The van der Waals surface area contributed by atoms with Crippen molar-refractivity contribution < 1.29 is 4.74 Å². The van der Waals surface area contributed by atoms with Crippen LogP contribution in [0.5, 0.6) is 0 Å². The second-order valence-electron chi connectivity index (χ2n) is 5.68. The van der Waals surface area contributed by atoms with Crippen molar-refractivity contribution in [1.82, 2.24) is 20.4 Å². The maximum absolute atomic E-state index is 5.33. The highest BCUT2D eigenvalue weighted by molar-refractivity contribution is 14.0. The Balaban J connectivity index is 0.00000441.